The van der Waals surface area contributed by atoms with Crippen molar-refractivity contribution >= 4 is 70.9 Å². The second-order valence-corrected chi connectivity index (χ2v) is 30.7. The first-order chi connectivity index (χ1) is 56.4. The zero-order valence-corrected chi connectivity index (χ0v) is 66.2. The first kappa shape index (κ1) is 88.5. The molecule has 0 aliphatic carbocycles. The van der Waals surface area contributed by atoms with Crippen LogP contribution in [0.3, 0.4) is 0 Å². The molecule has 6 heterocycles. The van der Waals surface area contributed by atoms with Gasteiger partial charge in [-0.1, -0.05) is 141 Å². The molecule has 33 heteroatoms. The Bertz CT molecular complexity index is 4350. The van der Waals surface area contributed by atoms with Crippen molar-refractivity contribution < 1.29 is 107 Å². The molecule has 6 aromatic carbocycles. The van der Waals surface area contributed by atoms with Gasteiger partial charge in [-0.25, -0.2) is 0 Å². The number of rotatable bonds is 15. The Hall–Kier alpha value is -11.9. The van der Waals surface area contributed by atoms with Crippen LogP contribution >= 0.6 is 0 Å². The summed E-state index contributed by atoms with van der Waals surface area (Å²) in [6, 6.07) is 34.0. The van der Waals surface area contributed by atoms with Gasteiger partial charge in [-0.05, 0) is 100 Å². The molecule has 3 unspecified atom stereocenters. The molecule has 18 atom stereocenters. The Labute approximate surface area is 681 Å². The third-order valence-corrected chi connectivity index (χ3v) is 22.0. The number of aliphatic hydroxyl groups excluding tert-OH is 3. The third-order valence-electron chi connectivity index (χ3n) is 22.0. The zero-order valence-electron chi connectivity index (χ0n) is 66.2. The molecule has 16 N–H and O–H groups in total. The van der Waals surface area contributed by atoms with Crippen molar-refractivity contribution in [2.45, 2.75) is 152 Å². The van der Waals surface area contributed by atoms with E-state index in [4.69, 9.17) is 18.9 Å². The maximum atomic E-state index is 13.7. The Morgan fingerprint density at radius 3 is 1.04 bits per heavy atom. The van der Waals surface area contributed by atoms with Gasteiger partial charge in [0.25, 0.3) is 23.6 Å². The Morgan fingerprint density at radius 1 is 0.373 bits per heavy atom. The number of nitrogens with zero attached hydrogens (tertiary/aromatic N) is 1. The fourth-order valence-electron chi connectivity index (χ4n) is 14.5. The number of esters is 1. The summed E-state index contributed by atoms with van der Waals surface area (Å²) < 4.78 is 21.3. The molecule has 0 aromatic heterocycles. The molecule has 6 fully saturated rings. The van der Waals surface area contributed by atoms with E-state index in [1.807, 2.05) is 91.0 Å². The van der Waals surface area contributed by atoms with Gasteiger partial charge in [0.05, 0.1) is 135 Å². The number of hydrogen-bond acceptors (Lipinski definition) is 22. The molecule has 118 heavy (non-hydrogen) atoms. The van der Waals surface area contributed by atoms with E-state index in [1.165, 1.54) is 69.1 Å². The number of aromatic hydroxyl groups is 3. The number of para-hydroxylation sites is 3. The number of carbonyl (C=O) groups excluding carboxylic acids is 12. The molecule has 6 aliphatic rings. The van der Waals surface area contributed by atoms with Crippen LogP contribution in [0, 0.1) is 35.5 Å². The minimum atomic E-state index is -1.37. The number of phenols is 3. The van der Waals surface area contributed by atoms with E-state index >= 15 is 0 Å². The molecule has 6 aliphatic heterocycles. The highest BCUT2D eigenvalue weighted by atomic mass is 16.6. The molecular formula is C85H103N11O22. The Balaban J connectivity index is 0.000000186. The summed E-state index contributed by atoms with van der Waals surface area (Å²) in [4.78, 5) is 161. The van der Waals surface area contributed by atoms with Crippen molar-refractivity contribution in [3.8, 4) is 17.2 Å². The number of ether oxygens (including phenoxy) is 4. The summed E-state index contributed by atoms with van der Waals surface area (Å²) in [5, 5.41) is 91.5. The number of nitrogens with one attached hydrogen (secondary N) is 10. The lowest BCUT2D eigenvalue weighted by molar-refractivity contribution is -0.178. The van der Waals surface area contributed by atoms with Gasteiger partial charge in [0, 0.05) is 18.9 Å². The first-order valence-electron chi connectivity index (χ1n) is 39.1. The van der Waals surface area contributed by atoms with E-state index in [9.17, 15) is 88.2 Å². The van der Waals surface area contributed by atoms with Crippen LogP contribution in [0.5, 0.6) is 17.2 Å². The van der Waals surface area contributed by atoms with Gasteiger partial charge < -0.3 is 108 Å². The molecule has 6 aromatic rings. The summed E-state index contributed by atoms with van der Waals surface area (Å²) in [5.41, 5.74) is 2.32. The monoisotopic (exact) mass is 1630 g/mol. The van der Waals surface area contributed by atoms with Gasteiger partial charge in [-0.15, -0.1) is 0 Å². The Morgan fingerprint density at radius 2 is 0.695 bits per heavy atom. The normalized spacial score (nSPS) is 28.5. The van der Waals surface area contributed by atoms with Crippen molar-refractivity contribution in [3.05, 3.63) is 197 Å². The van der Waals surface area contributed by atoms with Crippen molar-refractivity contribution in [3.63, 3.8) is 0 Å². The lowest BCUT2D eigenvalue weighted by Crippen LogP contribution is -2.65. The van der Waals surface area contributed by atoms with Crippen LogP contribution in [0.4, 0.5) is 0 Å². The Kier molecular flexibility index (Phi) is 30.6. The predicted octanol–water partition coefficient (Wildman–Crippen LogP) is 0.363. The van der Waals surface area contributed by atoms with Crippen LogP contribution in [0.25, 0.3) is 0 Å². The predicted molar refractivity (Wildman–Crippen MR) is 424 cm³/mol. The summed E-state index contributed by atoms with van der Waals surface area (Å²) in [6.45, 7) is 10.7. The van der Waals surface area contributed by atoms with E-state index < -0.39 is 185 Å². The van der Waals surface area contributed by atoms with E-state index in [-0.39, 0.29) is 105 Å². The standard InChI is InChI=1S/C29H36N4O7.C28H34N4O7.C28H33N3O8/c1-16-25(35)21(13-18-9-5-4-6-10-18)31-27(37)23(32-26(36)20-11-7-8-12-22(20)34)17(2)30-28(38)24(19-14-40-15-19)33(3)29(16)39;1-15-24(34)20(12-17-8-4-3-5-9-17)30-27(37)22(31-26(36)19-10-6-7-11-21(19)33)16(2)29-28(38)23(32-25(15)35)18-13-39-14-18;1-15-23(33)20(12-17-8-4-3-5-9-17)30-26(35)22(31-25(34)19-10-6-7-11-21(19)32)16(2)29-27(36)24(39-28(15)37)18-13-38-14-18/h4-12,16-17,19,21,23-25,34-35H,13-15H2,1-3H3,(H,30,38)(H,31,37)(H,32,36);3-11,15-16,18,20,22-24,33-34H,12-14H2,1-2H3,(H,29,38)(H,30,37)(H,31,36)(H,32,35);3-11,15-16,18,20,22-24,32-33H,12-14H2,1-2H3,(H,29,36)(H,30,35)(H,31,34)/t16-,17-,21+,23+,24?,25+;15-,16-,20+,22+,23?,24+;15-,16-,20+,22+,23+,24?/m111/s1. The summed E-state index contributed by atoms with van der Waals surface area (Å²) >= 11 is 0. The highest BCUT2D eigenvalue weighted by Gasteiger charge is 2.48. The van der Waals surface area contributed by atoms with Crippen LogP contribution in [-0.4, -0.2) is 244 Å². The second kappa shape index (κ2) is 40.8. The van der Waals surface area contributed by atoms with Crippen LogP contribution in [0.15, 0.2) is 164 Å². The van der Waals surface area contributed by atoms with E-state index in [0.717, 1.165) is 16.7 Å². The van der Waals surface area contributed by atoms with Gasteiger partial charge >= 0.3 is 5.97 Å². The zero-order chi connectivity index (χ0) is 85.2. The van der Waals surface area contributed by atoms with E-state index in [0.29, 0.717) is 0 Å². The number of benzene rings is 6. The molecule has 33 nitrogen and oxygen atoms in total. The van der Waals surface area contributed by atoms with E-state index in [2.05, 4.69) is 53.2 Å². The molecule has 12 rings (SSSR count). The minimum Gasteiger partial charge on any atom is -0.507 e. The summed E-state index contributed by atoms with van der Waals surface area (Å²) in [6.07, 6.45) is -4.56. The molecular weight excluding hydrogens is 1530 g/mol. The van der Waals surface area contributed by atoms with Crippen LogP contribution in [-0.2, 0) is 81.4 Å². The van der Waals surface area contributed by atoms with Gasteiger partial charge in [0.2, 0.25) is 41.4 Å². The van der Waals surface area contributed by atoms with Crippen LogP contribution < -0.4 is 53.2 Å². The van der Waals surface area contributed by atoms with Gasteiger partial charge in [0.15, 0.2) is 6.10 Å². The fraction of sp³-hybridized carbons (Fsp3) is 0.435. The van der Waals surface area contributed by atoms with Crippen molar-refractivity contribution in [2.24, 2.45) is 35.5 Å². The van der Waals surface area contributed by atoms with Crippen molar-refractivity contribution in [1.29, 1.82) is 0 Å². The van der Waals surface area contributed by atoms with Crippen LogP contribution in [0.2, 0.25) is 0 Å². The topological polar surface area (TPSA) is 487 Å². The third kappa shape index (κ3) is 22.2. The minimum absolute atomic E-state index is 0.0377. The molecule has 0 bridgehead atoms. The van der Waals surface area contributed by atoms with Crippen molar-refractivity contribution in [1.82, 2.24) is 58.1 Å². The smallest absolute Gasteiger partial charge is 0.312 e. The quantitative estimate of drug-likeness (QED) is 0.0617. The SMILES string of the molecule is C[C@H]1NC(=O)C(C2COC2)N(C)C(=O)[C@H](C)[C@H](O)[C@H](Cc2ccccc2)NC(=O)[C@H]1NC(=O)c1ccccc1O.C[C@H]1NC(=O)C(C2COC2)NC(=O)[C@H](C)[C@H](O)[C@H](Cc2ccccc2)NC(=O)[C@H]1NC(=O)c1ccccc1O.C[C@H]1NC(=O)C(C2COC2)OC(=O)[C@H](C)[C@H](O)[C@H](Cc2ccccc2)NC(=O)[C@H]1NC(=O)c1ccccc1O. The molecule has 11 amide bonds. The van der Waals surface area contributed by atoms with Crippen molar-refractivity contribution in [2.75, 3.05) is 46.7 Å². The molecule has 630 valence electrons. The average molecular weight is 1630 g/mol. The number of likely N-dealkylation sites (N-methyl/N-ethyl adjacent to an activating group) is 1. The molecule has 0 spiro atoms. The number of hydrogen-bond donors (Lipinski definition) is 16. The van der Waals surface area contributed by atoms with Crippen LogP contribution in [0.1, 0.15) is 89.3 Å². The van der Waals surface area contributed by atoms with Gasteiger partial charge in [-0.2, -0.15) is 0 Å². The molecule has 0 radical (unpaired) electrons. The summed E-state index contributed by atoms with van der Waals surface area (Å²) in [5.74, 6) is -12.4. The number of phenolic OH excluding ortho intramolecular Hbond substituents is 3. The largest absolute Gasteiger partial charge is 0.507 e. The van der Waals surface area contributed by atoms with Gasteiger partial charge in [-0.3, -0.25) is 57.5 Å². The van der Waals surface area contributed by atoms with E-state index in [1.54, 1.807) is 57.2 Å². The number of amides is 11. The maximum absolute atomic E-state index is 13.7. The lowest BCUT2D eigenvalue weighted by Gasteiger charge is -2.41. The average Bonchev–Trinajstić information content (AvgIpc) is 0.488. The second-order valence-electron chi connectivity index (χ2n) is 30.7. The summed E-state index contributed by atoms with van der Waals surface area (Å²) in [7, 11) is 1.52. The van der Waals surface area contributed by atoms with Gasteiger partial charge in [0.1, 0.15) is 47.5 Å². The molecule has 0 saturated carbocycles. The molecule has 6 saturated heterocycles. The number of cyclic esters (lactones) is 1. The fourth-order valence-corrected chi connectivity index (χ4v) is 14.5. The number of aliphatic hydroxyl groups is 3. The number of carbonyl (C=O) groups is 12. The first-order valence-corrected chi connectivity index (χ1v) is 39.1. The lowest BCUT2D eigenvalue weighted by atomic mass is 9.89. The highest BCUT2D eigenvalue weighted by Crippen LogP contribution is 2.29. The highest BCUT2D eigenvalue weighted by molar-refractivity contribution is 6.02. The maximum Gasteiger partial charge on any atom is 0.312 e.